The molecule has 0 unspecified atom stereocenters. The zero-order valence-corrected chi connectivity index (χ0v) is 19.3. The van der Waals surface area contributed by atoms with E-state index < -0.39 is 23.3 Å². The molecule has 5 aromatic rings. The minimum absolute atomic E-state index is 0.0893. The Kier molecular flexibility index (Phi) is 5.84. The highest BCUT2D eigenvalue weighted by molar-refractivity contribution is 7.16. The summed E-state index contributed by atoms with van der Waals surface area (Å²) in [6.45, 7) is 1.76. The van der Waals surface area contributed by atoms with Crippen LogP contribution in [0.5, 0.6) is 0 Å². The van der Waals surface area contributed by atoms with E-state index in [0.717, 1.165) is 32.9 Å². The van der Waals surface area contributed by atoms with Gasteiger partial charge in [0.1, 0.15) is 10.8 Å². The van der Waals surface area contributed by atoms with Crippen LogP contribution in [0.3, 0.4) is 0 Å². The Morgan fingerprint density at radius 2 is 1.86 bits per heavy atom. The lowest BCUT2D eigenvalue weighted by molar-refractivity contribution is 0.0520. The van der Waals surface area contributed by atoms with Crippen molar-refractivity contribution in [2.45, 2.75) is 6.92 Å². The van der Waals surface area contributed by atoms with Gasteiger partial charge >= 0.3 is 5.97 Å². The topological polar surface area (TPSA) is 90.3 Å². The fourth-order valence-electron chi connectivity index (χ4n) is 3.78. The second-order valence-corrected chi connectivity index (χ2v) is 8.52. The van der Waals surface area contributed by atoms with Crippen molar-refractivity contribution in [1.82, 2.24) is 9.78 Å². The van der Waals surface area contributed by atoms with Crippen molar-refractivity contribution in [3.63, 3.8) is 0 Å². The zero-order chi connectivity index (χ0) is 24.5. The monoisotopic (exact) mass is 487 g/mol. The fourth-order valence-corrected chi connectivity index (χ4v) is 4.71. The second kappa shape index (κ2) is 9.11. The van der Waals surface area contributed by atoms with Crippen LogP contribution in [0, 0.1) is 5.82 Å². The molecule has 0 saturated heterocycles. The standard InChI is InChI=1S/C26H18FN3O4S/c1-2-34-26(33)22-20-14-35-24(21(20)25(32)30(29-22)19-9-5-8-18(27)13-19)28-23(31)17-11-10-15-6-3-4-7-16(15)12-17/h3-14H,2H2,1H3,(H,28,31). The fraction of sp³-hybridized carbons (Fsp3) is 0.0769. The van der Waals surface area contributed by atoms with Gasteiger partial charge in [-0.05, 0) is 48.0 Å². The summed E-state index contributed by atoms with van der Waals surface area (Å²) in [4.78, 5) is 39.1. The number of halogens is 1. The number of fused-ring (bicyclic) bond motifs is 2. The van der Waals surface area contributed by atoms with E-state index in [4.69, 9.17) is 4.74 Å². The van der Waals surface area contributed by atoms with E-state index >= 15 is 0 Å². The van der Waals surface area contributed by atoms with Gasteiger partial charge in [0.15, 0.2) is 5.69 Å². The largest absolute Gasteiger partial charge is 0.461 e. The number of anilines is 1. The van der Waals surface area contributed by atoms with Gasteiger partial charge in [-0.15, -0.1) is 11.3 Å². The van der Waals surface area contributed by atoms with Gasteiger partial charge in [0, 0.05) is 16.3 Å². The van der Waals surface area contributed by atoms with Crippen LogP contribution in [0.15, 0.2) is 76.9 Å². The van der Waals surface area contributed by atoms with E-state index in [0.29, 0.717) is 5.56 Å². The summed E-state index contributed by atoms with van der Waals surface area (Å²) in [7, 11) is 0. The third kappa shape index (κ3) is 4.17. The Balaban J connectivity index is 1.63. The molecule has 174 valence electrons. The predicted octanol–water partition coefficient (Wildman–Crippen LogP) is 5.17. The number of benzene rings is 3. The molecule has 0 aliphatic heterocycles. The molecule has 0 spiro atoms. The second-order valence-electron chi connectivity index (χ2n) is 7.64. The first-order valence-electron chi connectivity index (χ1n) is 10.7. The molecule has 1 amide bonds. The summed E-state index contributed by atoms with van der Waals surface area (Å²) >= 11 is 1.09. The van der Waals surface area contributed by atoms with Crippen molar-refractivity contribution in [3.05, 3.63) is 99.5 Å². The number of hydrogen-bond donors (Lipinski definition) is 1. The molecule has 7 nitrogen and oxygen atoms in total. The first-order valence-corrected chi connectivity index (χ1v) is 11.6. The zero-order valence-electron chi connectivity index (χ0n) is 18.4. The molecule has 1 N–H and O–H groups in total. The summed E-state index contributed by atoms with van der Waals surface area (Å²) in [5.41, 5.74) is -0.155. The van der Waals surface area contributed by atoms with Gasteiger partial charge in [-0.2, -0.15) is 9.78 Å². The van der Waals surface area contributed by atoms with Crippen molar-refractivity contribution in [2.24, 2.45) is 0 Å². The third-order valence-electron chi connectivity index (χ3n) is 5.41. The van der Waals surface area contributed by atoms with Crippen LogP contribution >= 0.6 is 11.3 Å². The lowest BCUT2D eigenvalue weighted by Gasteiger charge is -2.10. The van der Waals surface area contributed by atoms with Crippen molar-refractivity contribution >= 4 is 49.8 Å². The predicted molar refractivity (Wildman–Crippen MR) is 133 cm³/mol. The molecule has 35 heavy (non-hydrogen) atoms. The van der Waals surface area contributed by atoms with Gasteiger partial charge in [0.25, 0.3) is 11.5 Å². The maximum Gasteiger partial charge on any atom is 0.359 e. The summed E-state index contributed by atoms with van der Waals surface area (Å²) < 4.78 is 19.9. The van der Waals surface area contributed by atoms with Crippen molar-refractivity contribution in [3.8, 4) is 5.69 Å². The molecule has 0 aliphatic carbocycles. The highest BCUT2D eigenvalue weighted by atomic mass is 32.1. The summed E-state index contributed by atoms with van der Waals surface area (Å²) in [5.74, 6) is -1.71. The third-order valence-corrected chi connectivity index (χ3v) is 6.31. The van der Waals surface area contributed by atoms with E-state index in [1.807, 2.05) is 30.3 Å². The molecule has 5 rings (SSSR count). The van der Waals surface area contributed by atoms with E-state index in [1.54, 1.807) is 24.4 Å². The first kappa shape index (κ1) is 22.4. The van der Waals surface area contributed by atoms with Crippen LogP contribution in [-0.4, -0.2) is 28.3 Å². The number of hydrogen-bond acceptors (Lipinski definition) is 6. The quantitative estimate of drug-likeness (QED) is 0.346. The molecule has 0 radical (unpaired) electrons. The van der Waals surface area contributed by atoms with Crippen LogP contribution in [0.4, 0.5) is 9.39 Å². The average molecular weight is 488 g/mol. The molecule has 0 saturated carbocycles. The number of ether oxygens (including phenoxy) is 1. The van der Waals surface area contributed by atoms with Crippen LogP contribution < -0.4 is 10.9 Å². The first-order chi connectivity index (χ1) is 17.0. The SMILES string of the molecule is CCOC(=O)c1nn(-c2cccc(F)c2)c(=O)c2c(NC(=O)c3ccc4ccccc4c3)scc12. The number of carbonyl (C=O) groups is 2. The number of rotatable bonds is 5. The van der Waals surface area contributed by atoms with Crippen molar-refractivity contribution < 1.29 is 18.7 Å². The molecule has 9 heteroatoms. The lowest BCUT2D eigenvalue weighted by Crippen LogP contribution is -2.25. The highest BCUT2D eigenvalue weighted by Crippen LogP contribution is 2.31. The summed E-state index contributed by atoms with van der Waals surface area (Å²) in [6.07, 6.45) is 0. The van der Waals surface area contributed by atoms with Gasteiger partial charge in [0.2, 0.25) is 0 Å². The van der Waals surface area contributed by atoms with E-state index in [9.17, 15) is 18.8 Å². The summed E-state index contributed by atoms with van der Waals surface area (Å²) in [5, 5.41) is 11.0. The van der Waals surface area contributed by atoms with Gasteiger partial charge in [-0.3, -0.25) is 9.59 Å². The van der Waals surface area contributed by atoms with Gasteiger partial charge in [0.05, 0.1) is 17.7 Å². The number of esters is 1. The Bertz CT molecular complexity index is 1670. The number of aromatic nitrogens is 2. The highest BCUT2D eigenvalue weighted by Gasteiger charge is 2.23. The van der Waals surface area contributed by atoms with Gasteiger partial charge < -0.3 is 10.1 Å². The van der Waals surface area contributed by atoms with E-state index in [-0.39, 0.29) is 33.8 Å². The Morgan fingerprint density at radius 3 is 2.63 bits per heavy atom. The lowest BCUT2D eigenvalue weighted by atomic mass is 10.1. The minimum atomic E-state index is -0.729. The number of carbonyl (C=O) groups excluding carboxylic acids is 2. The average Bonchev–Trinajstić information content (AvgIpc) is 3.28. The smallest absolute Gasteiger partial charge is 0.359 e. The van der Waals surface area contributed by atoms with Crippen LogP contribution in [0.1, 0.15) is 27.8 Å². The maximum absolute atomic E-state index is 13.9. The molecule has 0 fully saturated rings. The number of nitrogens with zero attached hydrogens (tertiary/aromatic N) is 2. The molecule has 2 heterocycles. The molecular formula is C26H18FN3O4S. The number of amides is 1. The Labute approximate surface area is 202 Å². The molecule has 0 atom stereocenters. The van der Waals surface area contributed by atoms with Crippen LogP contribution in [-0.2, 0) is 4.74 Å². The molecular weight excluding hydrogens is 469 g/mol. The summed E-state index contributed by atoms with van der Waals surface area (Å²) in [6, 6.07) is 18.3. The van der Waals surface area contributed by atoms with Crippen molar-refractivity contribution in [1.29, 1.82) is 0 Å². The van der Waals surface area contributed by atoms with E-state index in [2.05, 4.69) is 10.4 Å². The van der Waals surface area contributed by atoms with Crippen LogP contribution in [0.25, 0.3) is 27.2 Å². The molecule has 2 aromatic heterocycles. The van der Waals surface area contributed by atoms with E-state index in [1.165, 1.54) is 18.2 Å². The van der Waals surface area contributed by atoms with Crippen LogP contribution in [0.2, 0.25) is 0 Å². The van der Waals surface area contributed by atoms with Gasteiger partial charge in [-0.1, -0.05) is 36.4 Å². The maximum atomic E-state index is 13.9. The number of thiophene rings is 1. The van der Waals surface area contributed by atoms with Gasteiger partial charge in [-0.25, -0.2) is 9.18 Å². The molecule has 0 aliphatic rings. The molecule has 3 aromatic carbocycles. The Morgan fingerprint density at radius 1 is 1.06 bits per heavy atom. The molecule has 0 bridgehead atoms. The normalized spacial score (nSPS) is 11.0. The van der Waals surface area contributed by atoms with Crippen molar-refractivity contribution in [2.75, 3.05) is 11.9 Å². The Hall–Kier alpha value is -4.37. The minimum Gasteiger partial charge on any atom is -0.461 e. The number of nitrogens with one attached hydrogen (secondary N) is 1.